The summed E-state index contributed by atoms with van der Waals surface area (Å²) in [5.74, 6) is -0.998. The van der Waals surface area contributed by atoms with E-state index in [1.807, 2.05) is 0 Å². The molecular formula is C24H14Cl3F3N2O2. The standard InChI is InChI=1S/C24H14Cl3F3N2O2/c25-19-11-14(12-20(26)21(19)27)16(9-10-24(28,29)30)13-5-7-15(8-6-13)31-32-22(33)17-3-1-2-4-18(17)23(32)34/h1-9,11-12,31H,10H2/b16-9+. The van der Waals surface area contributed by atoms with E-state index in [1.165, 1.54) is 12.1 Å². The maximum absolute atomic E-state index is 13.0. The number of hydrogen-bond acceptors (Lipinski definition) is 3. The van der Waals surface area contributed by atoms with Gasteiger partial charge in [0.05, 0.1) is 38.3 Å². The van der Waals surface area contributed by atoms with Gasteiger partial charge in [0.2, 0.25) is 0 Å². The molecule has 1 aliphatic rings. The van der Waals surface area contributed by atoms with Crippen LogP contribution in [0.4, 0.5) is 18.9 Å². The number of hydrogen-bond donors (Lipinski definition) is 1. The zero-order chi connectivity index (χ0) is 24.6. The van der Waals surface area contributed by atoms with Crippen molar-refractivity contribution in [1.29, 1.82) is 0 Å². The van der Waals surface area contributed by atoms with Gasteiger partial charge in [-0.2, -0.15) is 18.2 Å². The second-order valence-corrected chi connectivity index (χ2v) is 8.56. The van der Waals surface area contributed by atoms with Crippen molar-refractivity contribution in [2.75, 3.05) is 5.43 Å². The van der Waals surface area contributed by atoms with Crippen molar-refractivity contribution in [2.24, 2.45) is 0 Å². The number of nitrogens with zero attached hydrogens (tertiary/aromatic N) is 1. The van der Waals surface area contributed by atoms with Crippen LogP contribution in [0.2, 0.25) is 15.1 Å². The molecular weight excluding hydrogens is 512 g/mol. The summed E-state index contributed by atoms with van der Waals surface area (Å²) < 4.78 is 38.9. The van der Waals surface area contributed by atoms with E-state index >= 15 is 0 Å². The van der Waals surface area contributed by atoms with E-state index in [4.69, 9.17) is 34.8 Å². The first-order valence-corrected chi connectivity index (χ1v) is 11.0. The quantitative estimate of drug-likeness (QED) is 0.275. The van der Waals surface area contributed by atoms with E-state index in [0.717, 1.165) is 11.1 Å². The monoisotopic (exact) mass is 524 g/mol. The zero-order valence-electron chi connectivity index (χ0n) is 17.1. The summed E-state index contributed by atoms with van der Waals surface area (Å²) in [5.41, 5.74) is 4.73. The van der Waals surface area contributed by atoms with Crippen molar-refractivity contribution in [3.05, 3.63) is 104 Å². The number of carbonyl (C=O) groups excluding carboxylic acids is 2. The number of nitrogens with one attached hydrogen (secondary N) is 1. The third-order valence-electron chi connectivity index (χ3n) is 5.06. The first kappa shape index (κ1) is 24.1. The van der Waals surface area contributed by atoms with E-state index in [0.29, 0.717) is 16.8 Å². The average molecular weight is 526 g/mol. The summed E-state index contributed by atoms with van der Waals surface area (Å²) >= 11 is 18.1. The molecule has 0 radical (unpaired) electrons. The fraction of sp³-hybridized carbons (Fsp3) is 0.0833. The zero-order valence-corrected chi connectivity index (χ0v) is 19.4. The topological polar surface area (TPSA) is 49.4 Å². The lowest BCUT2D eigenvalue weighted by atomic mass is 9.96. The minimum Gasteiger partial charge on any atom is -0.288 e. The highest BCUT2D eigenvalue weighted by Gasteiger charge is 2.35. The lowest BCUT2D eigenvalue weighted by Crippen LogP contribution is -2.35. The number of halogens is 6. The number of fused-ring (bicyclic) bond motifs is 1. The number of benzene rings is 3. The van der Waals surface area contributed by atoms with Gasteiger partial charge < -0.3 is 0 Å². The predicted molar refractivity (Wildman–Crippen MR) is 126 cm³/mol. The summed E-state index contributed by atoms with van der Waals surface area (Å²) in [4.78, 5) is 25.1. The molecule has 0 aliphatic carbocycles. The van der Waals surface area contributed by atoms with Gasteiger partial charge in [0, 0.05) is 0 Å². The minimum absolute atomic E-state index is 0.0998. The number of imide groups is 1. The van der Waals surface area contributed by atoms with Crippen LogP contribution in [0.1, 0.15) is 38.3 Å². The van der Waals surface area contributed by atoms with Gasteiger partial charge in [0.25, 0.3) is 11.8 Å². The van der Waals surface area contributed by atoms with Crippen LogP contribution in [0.25, 0.3) is 5.57 Å². The van der Waals surface area contributed by atoms with Gasteiger partial charge in [-0.15, -0.1) is 0 Å². The molecule has 4 nitrogen and oxygen atoms in total. The summed E-state index contributed by atoms with van der Waals surface area (Å²) in [5, 5.41) is 1.19. The Morgan fingerprint density at radius 2 is 1.38 bits per heavy atom. The largest absolute Gasteiger partial charge is 0.392 e. The highest BCUT2D eigenvalue weighted by atomic mass is 35.5. The molecule has 10 heteroatoms. The molecule has 1 N–H and O–H groups in total. The first-order valence-electron chi connectivity index (χ1n) is 9.82. The average Bonchev–Trinajstić information content (AvgIpc) is 3.03. The Balaban J connectivity index is 1.63. The molecule has 4 rings (SSSR count). The van der Waals surface area contributed by atoms with E-state index in [1.54, 1.807) is 48.5 Å². The lowest BCUT2D eigenvalue weighted by molar-refractivity contribution is -0.124. The Kier molecular flexibility index (Phi) is 6.62. The molecule has 3 aromatic rings. The van der Waals surface area contributed by atoms with Gasteiger partial charge in [0.15, 0.2) is 0 Å². The Morgan fingerprint density at radius 3 is 1.88 bits per heavy atom. The van der Waals surface area contributed by atoms with Crippen LogP contribution in [0.5, 0.6) is 0 Å². The van der Waals surface area contributed by atoms with Gasteiger partial charge in [0.1, 0.15) is 0 Å². The van der Waals surface area contributed by atoms with Crippen LogP contribution in [0.15, 0.2) is 66.7 Å². The molecule has 3 aromatic carbocycles. The molecule has 0 saturated heterocycles. The van der Waals surface area contributed by atoms with E-state index in [2.05, 4.69) is 5.43 Å². The number of amides is 2. The van der Waals surface area contributed by atoms with Gasteiger partial charge in [-0.05, 0) is 53.1 Å². The SMILES string of the molecule is O=C1c2ccccc2C(=O)N1Nc1ccc(/C(=C\CC(F)(F)F)c2cc(Cl)c(Cl)c(Cl)c2)cc1. The molecule has 2 amide bonds. The molecule has 1 heterocycles. The molecule has 0 spiro atoms. The van der Waals surface area contributed by atoms with E-state index in [9.17, 15) is 22.8 Å². The molecule has 34 heavy (non-hydrogen) atoms. The van der Waals surface area contributed by atoms with Gasteiger partial charge >= 0.3 is 6.18 Å². The highest BCUT2D eigenvalue weighted by molar-refractivity contribution is 6.48. The van der Waals surface area contributed by atoms with E-state index < -0.39 is 24.4 Å². The summed E-state index contributed by atoms with van der Waals surface area (Å²) in [7, 11) is 0. The number of alkyl halides is 3. The Hall–Kier alpha value is -3.00. The van der Waals surface area contributed by atoms with Crippen LogP contribution < -0.4 is 5.43 Å². The number of carbonyl (C=O) groups is 2. The second kappa shape index (κ2) is 9.33. The van der Waals surface area contributed by atoms with Crippen LogP contribution >= 0.6 is 34.8 Å². The van der Waals surface area contributed by atoms with Crippen molar-refractivity contribution < 1.29 is 22.8 Å². The summed E-state index contributed by atoms with van der Waals surface area (Å²) in [6, 6.07) is 15.5. The third-order valence-corrected chi connectivity index (χ3v) is 6.26. The van der Waals surface area contributed by atoms with Gasteiger partial charge in [-0.1, -0.05) is 65.1 Å². The van der Waals surface area contributed by atoms with Crippen molar-refractivity contribution >= 4 is 57.9 Å². The molecule has 0 fully saturated rings. The smallest absolute Gasteiger partial charge is 0.288 e. The van der Waals surface area contributed by atoms with Crippen molar-refractivity contribution in [1.82, 2.24) is 5.01 Å². The molecule has 0 unspecified atom stereocenters. The fourth-order valence-electron chi connectivity index (χ4n) is 3.48. The fourth-order valence-corrected chi connectivity index (χ4v) is 4.07. The summed E-state index contributed by atoms with van der Waals surface area (Å²) in [6.45, 7) is 0. The van der Waals surface area contributed by atoms with Crippen LogP contribution in [-0.2, 0) is 0 Å². The van der Waals surface area contributed by atoms with Crippen molar-refractivity contribution in [3.8, 4) is 0 Å². The number of hydrazine groups is 1. The van der Waals surface area contributed by atoms with Crippen LogP contribution in [0, 0.1) is 0 Å². The molecule has 174 valence electrons. The first-order chi connectivity index (χ1) is 16.0. The second-order valence-electron chi connectivity index (χ2n) is 7.37. The van der Waals surface area contributed by atoms with Crippen molar-refractivity contribution in [3.63, 3.8) is 0 Å². The predicted octanol–water partition coefficient (Wildman–Crippen LogP) is 7.65. The van der Waals surface area contributed by atoms with Crippen molar-refractivity contribution in [2.45, 2.75) is 12.6 Å². The molecule has 0 bridgehead atoms. The van der Waals surface area contributed by atoms with E-state index in [-0.39, 0.29) is 31.8 Å². The molecule has 1 aliphatic heterocycles. The minimum atomic E-state index is -4.42. The molecule has 0 atom stereocenters. The number of rotatable bonds is 5. The summed E-state index contributed by atoms with van der Waals surface area (Å²) in [6.07, 6.45) is -4.56. The van der Waals surface area contributed by atoms with Crippen LogP contribution in [-0.4, -0.2) is 23.0 Å². The Morgan fingerprint density at radius 1 is 0.853 bits per heavy atom. The third kappa shape index (κ3) is 4.92. The van der Waals surface area contributed by atoms with Gasteiger partial charge in [-0.25, -0.2) is 0 Å². The maximum Gasteiger partial charge on any atom is 0.392 e. The normalized spacial score (nSPS) is 13.9. The molecule has 0 saturated carbocycles. The van der Waals surface area contributed by atoms with Crippen LogP contribution in [0.3, 0.4) is 0 Å². The highest BCUT2D eigenvalue weighted by Crippen LogP contribution is 2.37. The lowest BCUT2D eigenvalue weighted by Gasteiger charge is -2.17. The molecule has 0 aromatic heterocycles. The van der Waals surface area contributed by atoms with Gasteiger partial charge in [-0.3, -0.25) is 15.0 Å². The maximum atomic E-state index is 13.0. The Labute approximate surface area is 207 Å². The Bertz CT molecular complexity index is 1260. The number of allylic oxidation sites excluding steroid dienone is 1. The number of anilines is 1.